The summed E-state index contributed by atoms with van der Waals surface area (Å²) in [5, 5.41) is 15.4. The molecule has 0 amide bonds. The molecule has 0 saturated carbocycles. The van der Waals surface area contributed by atoms with Crippen LogP contribution >= 0.6 is 0 Å². The van der Waals surface area contributed by atoms with E-state index in [0.29, 0.717) is 12.8 Å². The van der Waals surface area contributed by atoms with Crippen LogP contribution in [0.4, 0.5) is 0 Å². The lowest BCUT2D eigenvalue weighted by molar-refractivity contribution is -0.168. The van der Waals surface area contributed by atoms with Crippen LogP contribution in [0.1, 0.15) is 37.8 Å². The third kappa shape index (κ3) is 9.23. The molecule has 34 heavy (non-hydrogen) atoms. The van der Waals surface area contributed by atoms with Crippen molar-refractivity contribution in [1.29, 1.82) is 0 Å². The lowest BCUT2D eigenvalue weighted by Crippen LogP contribution is -2.44. The first kappa shape index (κ1) is 28.6. The number of rotatable bonds is 11. The number of carbonyl (C=O) groups excluding carboxylic acids is 1. The van der Waals surface area contributed by atoms with Crippen LogP contribution in [0.15, 0.2) is 54.6 Å². The molecule has 2 atom stereocenters. The zero-order valence-corrected chi connectivity index (χ0v) is 20.5. The van der Waals surface area contributed by atoms with Crippen molar-refractivity contribution in [2.75, 3.05) is 27.7 Å². The second kappa shape index (κ2) is 14.0. The molecule has 8 heteroatoms. The Kier molecular flexibility index (Phi) is 11.8. The second-order valence-corrected chi connectivity index (χ2v) is 8.24. The summed E-state index contributed by atoms with van der Waals surface area (Å²) in [6, 6.07) is 18.1. The third-order valence-electron chi connectivity index (χ3n) is 5.19. The van der Waals surface area contributed by atoms with Crippen molar-refractivity contribution in [3.05, 3.63) is 65.7 Å². The van der Waals surface area contributed by atoms with Gasteiger partial charge < -0.3 is 24.6 Å². The summed E-state index contributed by atoms with van der Waals surface area (Å²) in [4.78, 5) is 33.5. The highest BCUT2D eigenvalue weighted by atomic mass is 16.6. The molecule has 2 aromatic rings. The third-order valence-corrected chi connectivity index (χ3v) is 5.19. The highest BCUT2D eigenvalue weighted by molar-refractivity contribution is 5.88. The molecule has 8 nitrogen and oxygen atoms in total. The number of carboxylic acids is 2. The van der Waals surface area contributed by atoms with Crippen molar-refractivity contribution in [1.82, 2.24) is 4.90 Å². The summed E-state index contributed by atoms with van der Waals surface area (Å²) in [7, 11) is 5.73. The Morgan fingerprint density at radius 2 is 1.62 bits per heavy atom. The van der Waals surface area contributed by atoms with Gasteiger partial charge in [-0.15, -0.1) is 0 Å². The maximum absolute atomic E-state index is 12.5. The average molecular weight is 474 g/mol. The first-order valence-electron chi connectivity index (χ1n) is 11.0. The van der Waals surface area contributed by atoms with E-state index in [1.54, 1.807) is 7.11 Å². The van der Waals surface area contributed by atoms with E-state index in [9.17, 15) is 14.4 Å². The number of hydrogen-bond acceptors (Lipinski definition) is 6. The van der Waals surface area contributed by atoms with E-state index < -0.39 is 24.0 Å². The van der Waals surface area contributed by atoms with E-state index in [2.05, 4.69) is 24.0 Å². The Morgan fingerprint density at radius 3 is 2.09 bits per heavy atom. The fraction of sp³-hybridized carbons (Fsp3) is 0.423. The van der Waals surface area contributed by atoms with Gasteiger partial charge >= 0.3 is 17.9 Å². The van der Waals surface area contributed by atoms with Crippen molar-refractivity contribution in [2.45, 2.75) is 38.7 Å². The van der Waals surface area contributed by atoms with Gasteiger partial charge in [-0.2, -0.15) is 0 Å². The summed E-state index contributed by atoms with van der Waals surface area (Å²) >= 11 is 0. The van der Waals surface area contributed by atoms with E-state index in [4.69, 9.17) is 19.7 Å². The Balaban J connectivity index is 0.000000718. The van der Waals surface area contributed by atoms with Crippen LogP contribution in [0, 0.1) is 5.92 Å². The van der Waals surface area contributed by atoms with E-state index in [1.807, 2.05) is 63.5 Å². The van der Waals surface area contributed by atoms with Gasteiger partial charge in [0.25, 0.3) is 0 Å². The predicted molar refractivity (Wildman–Crippen MR) is 129 cm³/mol. The zero-order valence-electron chi connectivity index (χ0n) is 20.5. The smallest absolute Gasteiger partial charge is 0.314 e. The standard InChI is InChI=1S/C23H31NO3.C3H4O4/c1-6-22(25)27-23(18(2)17-24(3)4,16-19-11-8-7-9-12-19)20-13-10-14-21(15-20)26-5;4-2(5)1-3(6)7/h7-15,18H,6,16-17H2,1-5H3;1H2,(H,4,5)(H,6,7). The Morgan fingerprint density at radius 1 is 1.00 bits per heavy atom. The number of carboxylic acid groups (broad SMARTS) is 2. The molecule has 0 heterocycles. The average Bonchev–Trinajstić information content (AvgIpc) is 2.78. The molecule has 0 bridgehead atoms. The largest absolute Gasteiger partial charge is 0.497 e. The molecule has 0 fully saturated rings. The van der Waals surface area contributed by atoms with Gasteiger partial charge in [-0.1, -0.05) is 56.3 Å². The molecule has 2 N–H and O–H groups in total. The minimum Gasteiger partial charge on any atom is -0.497 e. The van der Waals surface area contributed by atoms with Crippen LogP contribution < -0.4 is 4.74 Å². The quantitative estimate of drug-likeness (QED) is 0.374. The molecule has 0 radical (unpaired) electrons. The van der Waals surface area contributed by atoms with E-state index in [0.717, 1.165) is 23.4 Å². The number of hydrogen-bond donors (Lipinski definition) is 2. The molecule has 2 aromatic carbocycles. The molecule has 0 aliphatic heterocycles. The summed E-state index contributed by atoms with van der Waals surface area (Å²) in [5.41, 5.74) is 1.32. The first-order chi connectivity index (χ1) is 16.0. The molecule has 0 aliphatic rings. The van der Waals surface area contributed by atoms with Crippen LogP contribution in [0.3, 0.4) is 0 Å². The molecule has 186 valence electrons. The summed E-state index contributed by atoms with van der Waals surface area (Å²) in [6.07, 6.45) is 0.150. The van der Waals surface area contributed by atoms with Crippen LogP contribution in [0.2, 0.25) is 0 Å². The minimum absolute atomic E-state index is 0.0790. The van der Waals surface area contributed by atoms with Gasteiger partial charge in [0.1, 0.15) is 17.8 Å². The number of benzene rings is 2. The van der Waals surface area contributed by atoms with Crippen molar-refractivity contribution in [2.24, 2.45) is 5.92 Å². The molecule has 2 rings (SSSR count). The molecule has 0 saturated heterocycles. The van der Waals surface area contributed by atoms with Crippen LogP contribution in [0.5, 0.6) is 5.75 Å². The number of aliphatic carboxylic acids is 2. The maximum Gasteiger partial charge on any atom is 0.314 e. The van der Waals surface area contributed by atoms with E-state index in [1.165, 1.54) is 0 Å². The van der Waals surface area contributed by atoms with Gasteiger partial charge in [0.15, 0.2) is 0 Å². The Labute approximate surface area is 201 Å². The second-order valence-electron chi connectivity index (χ2n) is 8.24. The van der Waals surface area contributed by atoms with Gasteiger partial charge in [0.2, 0.25) is 0 Å². The number of ether oxygens (including phenoxy) is 2. The minimum atomic E-state index is -1.31. The molecule has 0 aromatic heterocycles. The van der Waals surface area contributed by atoms with Gasteiger partial charge in [0, 0.05) is 25.3 Å². The van der Waals surface area contributed by atoms with E-state index in [-0.39, 0.29) is 11.9 Å². The Hall–Kier alpha value is -3.39. The summed E-state index contributed by atoms with van der Waals surface area (Å²) in [5.74, 6) is -1.98. The van der Waals surface area contributed by atoms with E-state index >= 15 is 0 Å². The van der Waals surface area contributed by atoms with Gasteiger partial charge in [0.05, 0.1) is 7.11 Å². The van der Waals surface area contributed by atoms with Gasteiger partial charge in [-0.25, -0.2) is 0 Å². The molecule has 2 unspecified atom stereocenters. The summed E-state index contributed by atoms with van der Waals surface area (Å²) in [6.45, 7) is 4.77. The molecule has 0 aliphatic carbocycles. The zero-order chi connectivity index (χ0) is 25.7. The maximum atomic E-state index is 12.5. The topological polar surface area (TPSA) is 113 Å². The SMILES string of the molecule is CCC(=O)OC(Cc1ccccc1)(c1cccc(OC)c1)C(C)CN(C)C.O=C(O)CC(=O)O. The monoisotopic (exact) mass is 473 g/mol. The highest BCUT2D eigenvalue weighted by Crippen LogP contribution is 2.39. The van der Waals surface area contributed by atoms with Crippen LogP contribution in [-0.4, -0.2) is 60.8 Å². The van der Waals surface area contributed by atoms with Crippen LogP contribution in [0.25, 0.3) is 0 Å². The fourth-order valence-electron chi connectivity index (χ4n) is 3.64. The lowest BCUT2D eigenvalue weighted by atomic mass is 9.77. The number of methoxy groups -OCH3 is 1. The number of esters is 1. The number of carbonyl (C=O) groups is 3. The van der Waals surface area contributed by atoms with Crippen molar-refractivity contribution in [3.8, 4) is 5.75 Å². The fourth-order valence-corrected chi connectivity index (χ4v) is 3.64. The normalized spacial score (nSPS) is 13.1. The number of nitrogens with zero attached hydrogens (tertiary/aromatic N) is 1. The summed E-state index contributed by atoms with van der Waals surface area (Å²) < 4.78 is 11.7. The first-order valence-corrected chi connectivity index (χ1v) is 11.0. The van der Waals surface area contributed by atoms with Crippen LogP contribution in [-0.2, 0) is 31.1 Å². The van der Waals surface area contributed by atoms with Crippen molar-refractivity contribution >= 4 is 17.9 Å². The highest BCUT2D eigenvalue weighted by Gasteiger charge is 2.42. The Bertz CT molecular complexity index is 918. The van der Waals surface area contributed by atoms with Crippen molar-refractivity contribution < 1.29 is 34.1 Å². The molecule has 0 spiro atoms. The molecular weight excluding hydrogens is 438 g/mol. The molecular formula is C26H35NO7. The predicted octanol–water partition coefficient (Wildman–Crippen LogP) is 3.83. The van der Waals surface area contributed by atoms with Gasteiger partial charge in [-0.05, 0) is 37.4 Å². The van der Waals surface area contributed by atoms with Gasteiger partial charge in [-0.3, -0.25) is 14.4 Å². The lowest BCUT2D eigenvalue weighted by Gasteiger charge is -2.40. The van der Waals surface area contributed by atoms with Crippen molar-refractivity contribution in [3.63, 3.8) is 0 Å².